The number of rotatable bonds is 17. The van der Waals surface area contributed by atoms with Gasteiger partial charge in [0.25, 0.3) is 11.8 Å². The van der Waals surface area contributed by atoms with Gasteiger partial charge in [-0.2, -0.15) is 0 Å². The van der Waals surface area contributed by atoms with Crippen LogP contribution in [0.15, 0.2) is 24.3 Å². The van der Waals surface area contributed by atoms with Crippen molar-refractivity contribution in [3.8, 4) is 23.0 Å². The van der Waals surface area contributed by atoms with Crippen LogP contribution >= 0.6 is 21.6 Å². The number of ether oxygens (including phenoxy) is 4. The van der Waals surface area contributed by atoms with Crippen LogP contribution in [0.1, 0.15) is 34.6 Å². The van der Waals surface area contributed by atoms with Gasteiger partial charge in [0.1, 0.15) is 12.1 Å². The normalized spacial score (nSPS) is 11.8. The Kier molecular flexibility index (Phi) is 14.1. The van der Waals surface area contributed by atoms with Crippen LogP contribution in [-0.4, -0.2) is 94.8 Å². The summed E-state index contributed by atoms with van der Waals surface area (Å²) in [5.74, 6) is -6.01. The summed E-state index contributed by atoms with van der Waals surface area (Å²) >= 11 is 0. The fraction of sp³-hybridized carbons (Fsp3) is 0.385. The molecule has 4 N–H and O–H groups in total. The van der Waals surface area contributed by atoms with Crippen molar-refractivity contribution in [2.75, 3.05) is 38.9 Å². The van der Waals surface area contributed by atoms with Crippen LogP contribution in [0.2, 0.25) is 0 Å². The van der Waals surface area contributed by atoms with E-state index in [1.807, 2.05) is 0 Å². The van der Waals surface area contributed by atoms with Crippen LogP contribution in [0.4, 0.5) is 11.4 Å². The average Bonchev–Trinajstić information content (AvgIpc) is 3.01. The van der Waals surface area contributed by atoms with Crippen molar-refractivity contribution in [1.29, 1.82) is 0 Å². The third-order valence-electron chi connectivity index (χ3n) is 5.77. The molecule has 2 atom stereocenters. The lowest BCUT2D eigenvalue weighted by atomic mass is 10.1. The molecule has 0 saturated heterocycles. The number of methoxy groups -OCH3 is 2. The number of carbonyl (C=O) groups is 4. The molecule has 0 saturated carbocycles. The highest BCUT2D eigenvalue weighted by Crippen LogP contribution is 2.38. The number of nitro groups is 2. The Labute approximate surface area is 268 Å². The van der Waals surface area contributed by atoms with Gasteiger partial charge in [0.05, 0.1) is 48.4 Å². The molecule has 0 aliphatic rings. The Bertz CT molecular complexity index is 1380. The first-order valence-electron chi connectivity index (χ1n) is 13.1. The highest BCUT2D eigenvalue weighted by Gasteiger charge is 2.29. The van der Waals surface area contributed by atoms with E-state index in [9.17, 15) is 49.6 Å². The molecule has 2 rings (SSSR count). The smallest absolute Gasteiger partial charge is 0.329 e. The Morgan fingerprint density at radius 3 is 1.37 bits per heavy atom. The van der Waals surface area contributed by atoms with Gasteiger partial charge in [-0.25, -0.2) is 9.59 Å². The molecular weight excluding hydrogens is 656 g/mol. The fourth-order valence-corrected chi connectivity index (χ4v) is 5.87. The first-order valence-corrected chi connectivity index (χ1v) is 15.6. The highest BCUT2D eigenvalue weighted by atomic mass is 33.1. The number of nitrogens with zero attached hydrogens (tertiary/aromatic N) is 2. The number of amides is 2. The standard InChI is InChI=1S/C26H30N4O14S2/c1-5-43-25(35)15(27-23(33)13-7-17(29(37)38)21(31)19(9-13)41-3)11-45-46-12-16(26(36)44-6-2)28-24(34)14-8-18(30(39)40)22(32)20(10-14)42-4/h7-10,15-16,31-32H,5-6,11-12H2,1-4H3,(H,27,33)(H,28,34)/t15-,16-/m0/s1. The Morgan fingerprint density at radius 1 is 0.739 bits per heavy atom. The van der Waals surface area contributed by atoms with Crippen LogP contribution < -0.4 is 20.1 Å². The van der Waals surface area contributed by atoms with Gasteiger partial charge in [-0.1, -0.05) is 21.6 Å². The second kappa shape index (κ2) is 17.5. The third-order valence-corrected chi connectivity index (χ3v) is 8.19. The number of phenols is 2. The van der Waals surface area contributed by atoms with Gasteiger partial charge in [-0.15, -0.1) is 0 Å². The molecule has 250 valence electrons. The van der Waals surface area contributed by atoms with E-state index in [-0.39, 0.29) is 47.3 Å². The molecule has 18 nitrogen and oxygen atoms in total. The average molecular weight is 687 g/mol. The third kappa shape index (κ3) is 9.76. The number of nitro benzene ring substituents is 2. The van der Waals surface area contributed by atoms with Gasteiger partial charge in [-0.05, 0) is 26.0 Å². The van der Waals surface area contributed by atoms with Crippen LogP contribution in [0, 0.1) is 20.2 Å². The maximum absolute atomic E-state index is 12.9. The number of esters is 2. The number of phenolic OH excluding ortho intramolecular Hbond substituents is 2. The molecule has 0 aliphatic carbocycles. The zero-order valence-corrected chi connectivity index (χ0v) is 26.4. The summed E-state index contributed by atoms with van der Waals surface area (Å²) in [5, 5.41) is 47.4. The first-order chi connectivity index (χ1) is 21.8. The van der Waals surface area contributed by atoms with Gasteiger partial charge in [0.15, 0.2) is 11.5 Å². The molecule has 0 unspecified atom stereocenters. The molecule has 0 spiro atoms. The maximum atomic E-state index is 12.9. The molecule has 46 heavy (non-hydrogen) atoms. The van der Waals surface area contributed by atoms with E-state index in [4.69, 9.17) is 18.9 Å². The summed E-state index contributed by atoms with van der Waals surface area (Å²) in [5.41, 5.74) is -2.17. The fourth-order valence-electron chi connectivity index (χ4n) is 3.58. The second-order valence-electron chi connectivity index (χ2n) is 8.73. The van der Waals surface area contributed by atoms with E-state index in [1.165, 1.54) is 13.8 Å². The summed E-state index contributed by atoms with van der Waals surface area (Å²) in [4.78, 5) is 71.9. The minimum Gasteiger partial charge on any atom is -0.500 e. The van der Waals surface area contributed by atoms with E-state index >= 15 is 0 Å². The summed E-state index contributed by atoms with van der Waals surface area (Å²) in [6.45, 7) is 3.02. The highest BCUT2D eigenvalue weighted by molar-refractivity contribution is 8.76. The van der Waals surface area contributed by atoms with Gasteiger partial charge in [0.2, 0.25) is 11.5 Å². The quantitative estimate of drug-likeness (QED) is 0.0612. The van der Waals surface area contributed by atoms with Crippen LogP contribution in [0.5, 0.6) is 23.0 Å². The summed E-state index contributed by atoms with van der Waals surface area (Å²) in [6.07, 6.45) is 0. The van der Waals surface area contributed by atoms with Crippen molar-refractivity contribution >= 4 is 56.7 Å². The predicted molar refractivity (Wildman–Crippen MR) is 163 cm³/mol. The lowest BCUT2D eigenvalue weighted by Crippen LogP contribution is -2.44. The maximum Gasteiger partial charge on any atom is 0.329 e. The number of benzene rings is 2. The lowest BCUT2D eigenvalue weighted by Gasteiger charge is -2.19. The second-order valence-corrected chi connectivity index (χ2v) is 11.3. The zero-order valence-electron chi connectivity index (χ0n) is 24.8. The van der Waals surface area contributed by atoms with Crippen molar-refractivity contribution < 1.29 is 58.2 Å². The summed E-state index contributed by atoms with van der Waals surface area (Å²) in [6, 6.07) is 1.16. The molecule has 0 bridgehead atoms. The first kappa shape index (κ1) is 37.2. The van der Waals surface area contributed by atoms with E-state index in [0.717, 1.165) is 60.1 Å². The number of hydrogen-bond donors (Lipinski definition) is 4. The Balaban J connectivity index is 2.18. The molecule has 20 heteroatoms. The van der Waals surface area contributed by atoms with E-state index in [2.05, 4.69) is 10.6 Å². The van der Waals surface area contributed by atoms with Crippen LogP contribution in [0.3, 0.4) is 0 Å². The summed E-state index contributed by atoms with van der Waals surface area (Å²) in [7, 11) is 4.26. The molecule has 2 aromatic carbocycles. The number of aromatic hydroxyl groups is 2. The number of carbonyl (C=O) groups excluding carboxylic acids is 4. The topological polar surface area (TPSA) is 256 Å². The molecule has 2 aromatic rings. The van der Waals surface area contributed by atoms with Crippen molar-refractivity contribution in [2.24, 2.45) is 0 Å². The molecule has 0 aliphatic heterocycles. The van der Waals surface area contributed by atoms with Crippen molar-refractivity contribution in [2.45, 2.75) is 25.9 Å². The van der Waals surface area contributed by atoms with Gasteiger partial charge in [0, 0.05) is 23.6 Å². The van der Waals surface area contributed by atoms with E-state index in [1.54, 1.807) is 0 Å². The van der Waals surface area contributed by atoms with Crippen molar-refractivity contribution in [3.63, 3.8) is 0 Å². The van der Waals surface area contributed by atoms with Crippen molar-refractivity contribution in [1.82, 2.24) is 10.6 Å². The molecular formula is C26H30N4O14S2. The molecule has 0 aromatic heterocycles. The Morgan fingerprint density at radius 2 is 1.09 bits per heavy atom. The summed E-state index contributed by atoms with van der Waals surface area (Å²) < 4.78 is 19.8. The van der Waals surface area contributed by atoms with Gasteiger partial charge < -0.3 is 39.8 Å². The lowest BCUT2D eigenvalue weighted by molar-refractivity contribution is -0.386. The largest absolute Gasteiger partial charge is 0.500 e. The van der Waals surface area contributed by atoms with E-state index < -0.39 is 68.6 Å². The molecule has 0 heterocycles. The minimum absolute atomic E-state index is 0.0291. The molecule has 2 amide bonds. The Hall–Kier alpha value is -4.98. The van der Waals surface area contributed by atoms with E-state index in [0.29, 0.717) is 0 Å². The molecule has 0 fully saturated rings. The number of nitrogens with one attached hydrogen (secondary N) is 2. The zero-order chi connectivity index (χ0) is 34.6. The SMILES string of the molecule is CCOC(=O)[C@H](CSSC[C@H](NC(=O)c1cc(OC)c(O)c([N+](=O)[O-])c1)C(=O)OCC)NC(=O)c1cc(OC)c(O)c([N+](=O)[O-])c1. The van der Waals surface area contributed by atoms with Crippen LogP contribution in [-0.2, 0) is 19.1 Å². The number of hydrogen-bond acceptors (Lipinski definition) is 16. The van der Waals surface area contributed by atoms with Crippen molar-refractivity contribution in [3.05, 3.63) is 55.6 Å². The van der Waals surface area contributed by atoms with Crippen LogP contribution in [0.25, 0.3) is 0 Å². The van der Waals surface area contributed by atoms with Gasteiger partial charge >= 0.3 is 23.3 Å². The molecule has 0 radical (unpaired) electrons. The predicted octanol–water partition coefficient (Wildman–Crippen LogP) is 2.34. The monoisotopic (exact) mass is 686 g/mol. The minimum atomic E-state index is -1.27. The van der Waals surface area contributed by atoms with Gasteiger partial charge in [-0.3, -0.25) is 29.8 Å².